The van der Waals surface area contributed by atoms with Crippen molar-refractivity contribution in [2.24, 2.45) is 5.92 Å². The number of aryl methyl sites for hydroxylation is 1. The summed E-state index contributed by atoms with van der Waals surface area (Å²) in [4.78, 5) is 66.2. The van der Waals surface area contributed by atoms with E-state index in [1.165, 1.54) is 4.90 Å². The number of pyridine rings is 1. The number of fused-ring (bicyclic) bond motifs is 5. The van der Waals surface area contributed by atoms with E-state index in [1.807, 2.05) is 36.4 Å². The normalized spacial score (nSPS) is 17.7. The highest BCUT2D eigenvalue weighted by Crippen LogP contribution is 2.33. The van der Waals surface area contributed by atoms with E-state index in [-0.39, 0.29) is 56.3 Å². The van der Waals surface area contributed by atoms with Gasteiger partial charge in [0.15, 0.2) is 11.5 Å². The first-order valence-corrected chi connectivity index (χ1v) is 17.2. The molecule has 1 atom stereocenters. The Hall–Kier alpha value is -5.72. The number of benzene rings is 2. The molecule has 13 nitrogen and oxygen atoms in total. The fraction of sp³-hybridized carbons (Fsp3) is 0.368. The van der Waals surface area contributed by atoms with E-state index < -0.39 is 11.9 Å². The van der Waals surface area contributed by atoms with Crippen LogP contribution < -0.4 is 20.1 Å². The van der Waals surface area contributed by atoms with Gasteiger partial charge in [0.1, 0.15) is 17.5 Å². The number of nitrogens with zero attached hydrogens (tertiary/aromatic N) is 4. The SMILES string of the molecule is COc1ccc2cc1OCCCN(C(=O)C1CCN(C(=O)c3ccncc3)CC1)CC(=O)N[C@H](Cc1ccccc1)C(=O)NCc1nc-2oc1C. The van der Waals surface area contributed by atoms with Gasteiger partial charge in [-0.15, -0.1) is 0 Å². The van der Waals surface area contributed by atoms with Crippen molar-refractivity contribution in [2.75, 3.05) is 39.9 Å². The molecule has 266 valence electrons. The molecule has 0 radical (unpaired) electrons. The van der Waals surface area contributed by atoms with Crippen LogP contribution in [0.15, 0.2) is 77.5 Å². The Morgan fingerprint density at radius 3 is 2.49 bits per heavy atom. The monoisotopic (exact) mass is 694 g/mol. The highest BCUT2D eigenvalue weighted by atomic mass is 16.5. The molecule has 6 rings (SSSR count). The number of aromatic nitrogens is 2. The number of hydrogen-bond donors (Lipinski definition) is 2. The number of nitrogens with one attached hydrogen (secondary N) is 2. The molecule has 4 amide bonds. The minimum Gasteiger partial charge on any atom is -0.493 e. The van der Waals surface area contributed by atoms with Gasteiger partial charge >= 0.3 is 0 Å². The van der Waals surface area contributed by atoms with Gasteiger partial charge in [-0.1, -0.05) is 30.3 Å². The third kappa shape index (κ3) is 8.72. The molecule has 2 aromatic carbocycles. The second kappa shape index (κ2) is 16.3. The van der Waals surface area contributed by atoms with E-state index in [0.29, 0.717) is 72.3 Å². The maximum absolute atomic E-state index is 14.0. The van der Waals surface area contributed by atoms with Gasteiger partial charge in [0.2, 0.25) is 23.6 Å². The van der Waals surface area contributed by atoms with Crippen LogP contribution in [0, 0.1) is 12.8 Å². The quantitative estimate of drug-likeness (QED) is 0.319. The summed E-state index contributed by atoms with van der Waals surface area (Å²) in [6, 6.07) is 17.2. The molecule has 0 unspecified atom stereocenters. The molecule has 2 aliphatic heterocycles. The largest absolute Gasteiger partial charge is 0.493 e. The van der Waals surface area contributed by atoms with E-state index in [4.69, 9.17) is 13.9 Å². The standard InChI is InChI=1S/C38H42N6O7/c1-25-31-23-40-35(46)30(21-26-7-4-3-5-8-26)41-34(45)24-44(17-6-20-50-33-22-29(36(42-31)51-25)9-10-32(33)49-2)38(48)28-13-18-43(19-14-28)37(47)27-11-15-39-16-12-27/h3-5,7-12,15-16,22,28,30H,6,13-14,17-21,23-24H2,1-2H3,(H,40,46)(H,41,45)/t30-/m1/s1. The lowest BCUT2D eigenvalue weighted by atomic mass is 9.94. The number of carbonyl (C=O) groups is 4. The topological polar surface area (TPSA) is 156 Å². The molecular formula is C38H42N6O7. The summed E-state index contributed by atoms with van der Waals surface area (Å²) in [6.07, 6.45) is 4.77. The van der Waals surface area contributed by atoms with E-state index in [0.717, 1.165) is 5.56 Å². The van der Waals surface area contributed by atoms with Crippen molar-refractivity contribution in [3.05, 3.63) is 95.6 Å². The average Bonchev–Trinajstić information content (AvgIpc) is 3.54. The average molecular weight is 695 g/mol. The van der Waals surface area contributed by atoms with E-state index in [9.17, 15) is 19.2 Å². The molecule has 0 spiro atoms. The summed E-state index contributed by atoms with van der Waals surface area (Å²) >= 11 is 0. The molecule has 13 heteroatoms. The number of oxazole rings is 1. The molecule has 51 heavy (non-hydrogen) atoms. The molecule has 4 heterocycles. The number of hydrogen-bond acceptors (Lipinski definition) is 9. The zero-order chi connectivity index (χ0) is 35.7. The summed E-state index contributed by atoms with van der Waals surface area (Å²) < 4.78 is 17.6. The number of ether oxygens (including phenoxy) is 2. The third-order valence-electron chi connectivity index (χ3n) is 9.20. The molecule has 4 aromatic rings. The second-order valence-electron chi connectivity index (χ2n) is 12.7. The Balaban J connectivity index is 1.22. The number of piperidine rings is 1. The van der Waals surface area contributed by atoms with Crippen molar-refractivity contribution in [1.82, 2.24) is 30.4 Å². The highest BCUT2D eigenvalue weighted by Gasteiger charge is 2.32. The van der Waals surface area contributed by atoms with Crippen LogP contribution in [0.4, 0.5) is 0 Å². The van der Waals surface area contributed by atoms with Crippen molar-refractivity contribution in [3.8, 4) is 23.0 Å². The second-order valence-corrected chi connectivity index (χ2v) is 12.7. The van der Waals surface area contributed by atoms with Crippen LogP contribution in [0.25, 0.3) is 11.5 Å². The number of likely N-dealkylation sites (tertiary alicyclic amines) is 1. The lowest BCUT2D eigenvalue weighted by Gasteiger charge is -2.34. The van der Waals surface area contributed by atoms with Gasteiger partial charge in [0.05, 0.1) is 26.8 Å². The highest BCUT2D eigenvalue weighted by molar-refractivity contribution is 5.94. The van der Waals surface area contributed by atoms with Crippen LogP contribution in [0.3, 0.4) is 0 Å². The molecule has 0 saturated carbocycles. The van der Waals surface area contributed by atoms with Crippen molar-refractivity contribution in [3.63, 3.8) is 0 Å². The van der Waals surface area contributed by atoms with E-state index >= 15 is 0 Å². The maximum Gasteiger partial charge on any atom is 0.253 e. The summed E-state index contributed by atoms with van der Waals surface area (Å²) in [7, 11) is 1.55. The summed E-state index contributed by atoms with van der Waals surface area (Å²) in [5.41, 5.74) is 2.64. The first-order chi connectivity index (χ1) is 24.8. The Bertz CT molecular complexity index is 1840. The van der Waals surface area contributed by atoms with Gasteiger partial charge < -0.3 is 34.3 Å². The fourth-order valence-electron chi connectivity index (χ4n) is 6.37. The van der Waals surface area contributed by atoms with Gasteiger partial charge in [-0.3, -0.25) is 24.2 Å². The number of rotatable bonds is 5. The van der Waals surface area contributed by atoms with Crippen LogP contribution in [-0.4, -0.2) is 89.3 Å². The zero-order valence-electron chi connectivity index (χ0n) is 28.8. The first-order valence-electron chi connectivity index (χ1n) is 17.2. The predicted molar refractivity (Wildman–Crippen MR) is 187 cm³/mol. The lowest BCUT2D eigenvalue weighted by Crippen LogP contribution is -2.52. The van der Waals surface area contributed by atoms with E-state index in [2.05, 4.69) is 20.6 Å². The third-order valence-corrected chi connectivity index (χ3v) is 9.20. The van der Waals surface area contributed by atoms with E-state index in [1.54, 1.807) is 55.6 Å². The van der Waals surface area contributed by atoms with Gasteiger partial charge in [0, 0.05) is 55.5 Å². The molecule has 1 saturated heterocycles. The smallest absolute Gasteiger partial charge is 0.253 e. The van der Waals surface area contributed by atoms with Crippen molar-refractivity contribution >= 4 is 23.6 Å². The van der Waals surface area contributed by atoms with Crippen molar-refractivity contribution in [2.45, 2.75) is 45.2 Å². The summed E-state index contributed by atoms with van der Waals surface area (Å²) in [5, 5.41) is 5.80. The van der Waals surface area contributed by atoms with Gasteiger partial charge in [-0.25, -0.2) is 4.98 Å². The minimum absolute atomic E-state index is 0.0851. The first kappa shape index (κ1) is 35.1. The zero-order valence-corrected chi connectivity index (χ0v) is 28.8. The van der Waals surface area contributed by atoms with Crippen LogP contribution in [0.5, 0.6) is 11.5 Å². The molecular weight excluding hydrogens is 652 g/mol. The Morgan fingerprint density at radius 2 is 1.75 bits per heavy atom. The summed E-state index contributed by atoms with van der Waals surface area (Å²) in [5.74, 6) is 0.427. The fourth-order valence-corrected chi connectivity index (χ4v) is 6.37. The number of carbonyl (C=O) groups excluding carboxylic acids is 4. The van der Waals surface area contributed by atoms with Crippen LogP contribution in [0.1, 0.15) is 46.6 Å². The molecule has 2 aromatic heterocycles. The number of methoxy groups -OCH3 is 1. The molecule has 2 N–H and O–H groups in total. The predicted octanol–water partition coefficient (Wildman–Crippen LogP) is 3.56. The van der Waals surface area contributed by atoms with Crippen molar-refractivity contribution in [1.29, 1.82) is 0 Å². The number of amides is 4. The molecule has 2 aliphatic rings. The lowest BCUT2D eigenvalue weighted by molar-refractivity contribution is -0.141. The molecule has 1 fully saturated rings. The van der Waals surface area contributed by atoms with Crippen LogP contribution in [0.2, 0.25) is 0 Å². The molecule has 4 bridgehead atoms. The van der Waals surface area contributed by atoms with Gasteiger partial charge in [-0.05, 0) is 62.1 Å². The van der Waals surface area contributed by atoms with Crippen LogP contribution in [-0.2, 0) is 27.3 Å². The molecule has 0 aliphatic carbocycles. The summed E-state index contributed by atoms with van der Waals surface area (Å²) in [6.45, 7) is 2.93. The Labute approximate surface area is 296 Å². The minimum atomic E-state index is -0.905. The Kier molecular flexibility index (Phi) is 11.2. The Morgan fingerprint density at radius 1 is 0.980 bits per heavy atom. The van der Waals surface area contributed by atoms with Gasteiger partial charge in [0.25, 0.3) is 5.91 Å². The maximum atomic E-state index is 14.0. The van der Waals surface area contributed by atoms with Crippen molar-refractivity contribution < 1.29 is 33.1 Å². The van der Waals surface area contributed by atoms with Crippen LogP contribution >= 0.6 is 0 Å². The van der Waals surface area contributed by atoms with Gasteiger partial charge in [-0.2, -0.15) is 0 Å².